The number of benzene rings is 2. The molecule has 0 radical (unpaired) electrons. The van der Waals surface area contributed by atoms with Crippen molar-refractivity contribution in [2.45, 2.75) is 32.3 Å². The first kappa shape index (κ1) is 24.6. The standard InChI is InChI=1S/C25H29N3O6S/c1-5-32-21-12-16(13-22(33-6-2)23(21)34-7-3)25(29)26-24-19-14-35(30)15-20(19)27-28(24)17-8-10-18(31-4)11-9-17/h8-13H,5-7,14-15H2,1-4H3,(H,26,29). The van der Waals surface area contributed by atoms with Gasteiger partial charge in [-0.3, -0.25) is 9.00 Å². The van der Waals surface area contributed by atoms with Gasteiger partial charge in [-0.15, -0.1) is 0 Å². The van der Waals surface area contributed by atoms with Crippen molar-refractivity contribution in [2.24, 2.45) is 0 Å². The highest BCUT2D eigenvalue weighted by Gasteiger charge is 2.29. The van der Waals surface area contributed by atoms with E-state index < -0.39 is 10.8 Å². The first-order valence-electron chi connectivity index (χ1n) is 11.5. The van der Waals surface area contributed by atoms with Crippen molar-refractivity contribution in [1.82, 2.24) is 9.78 Å². The summed E-state index contributed by atoms with van der Waals surface area (Å²) < 4.78 is 36.4. The molecule has 1 atom stereocenters. The summed E-state index contributed by atoms with van der Waals surface area (Å²) in [6, 6.07) is 10.6. The zero-order valence-corrected chi connectivity index (χ0v) is 21.1. The molecule has 1 unspecified atom stereocenters. The van der Waals surface area contributed by atoms with Crippen LogP contribution in [0.5, 0.6) is 23.0 Å². The molecular weight excluding hydrogens is 470 g/mol. The highest BCUT2D eigenvalue weighted by atomic mass is 32.2. The van der Waals surface area contributed by atoms with Crippen molar-refractivity contribution in [3.63, 3.8) is 0 Å². The number of anilines is 1. The largest absolute Gasteiger partial charge is 0.497 e. The van der Waals surface area contributed by atoms with Crippen LogP contribution in [0.3, 0.4) is 0 Å². The first-order chi connectivity index (χ1) is 17.0. The van der Waals surface area contributed by atoms with E-state index in [0.29, 0.717) is 71.4 Å². The van der Waals surface area contributed by atoms with Crippen molar-refractivity contribution < 1.29 is 28.0 Å². The summed E-state index contributed by atoms with van der Waals surface area (Å²) in [4.78, 5) is 13.5. The Kier molecular flexibility index (Phi) is 7.60. The van der Waals surface area contributed by atoms with Crippen molar-refractivity contribution in [3.05, 3.63) is 53.2 Å². The number of rotatable bonds is 10. The van der Waals surface area contributed by atoms with E-state index in [-0.39, 0.29) is 5.91 Å². The van der Waals surface area contributed by atoms with E-state index in [1.165, 1.54) is 0 Å². The number of ether oxygens (including phenoxy) is 4. The van der Waals surface area contributed by atoms with Crippen LogP contribution in [-0.4, -0.2) is 46.8 Å². The van der Waals surface area contributed by atoms with Crippen LogP contribution in [0.4, 0.5) is 5.82 Å². The van der Waals surface area contributed by atoms with Gasteiger partial charge in [-0.1, -0.05) is 0 Å². The van der Waals surface area contributed by atoms with Crippen LogP contribution in [0.25, 0.3) is 5.69 Å². The first-order valence-corrected chi connectivity index (χ1v) is 13.0. The molecule has 186 valence electrons. The van der Waals surface area contributed by atoms with Crippen LogP contribution >= 0.6 is 0 Å². The molecule has 1 aliphatic heterocycles. The molecule has 4 rings (SSSR count). The fourth-order valence-corrected chi connectivity index (χ4v) is 5.13. The third-order valence-corrected chi connectivity index (χ3v) is 6.60. The number of nitrogens with zero attached hydrogens (tertiary/aromatic N) is 2. The molecule has 0 saturated heterocycles. The molecule has 1 amide bonds. The Bertz CT molecular complexity index is 1210. The second kappa shape index (κ2) is 10.8. The van der Waals surface area contributed by atoms with E-state index in [0.717, 1.165) is 11.3 Å². The van der Waals surface area contributed by atoms with Crippen LogP contribution in [0.1, 0.15) is 42.4 Å². The fourth-order valence-electron chi connectivity index (χ4n) is 3.87. The topological polar surface area (TPSA) is 101 Å². The Morgan fingerprint density at radius 1 is 1.00 bits per heavy atom. The van der Waals surface area contributed by atoms with Gasteiger partial charge in [-0.2, -0.15) is 5.10 Å². The smallest absolute Gasteiger partial charge is 0.257 e. The van der Waals surface area contributed by atoms with Crippen LogP contribution in [0.15, 0.2) is 36.4 Å². The van der Waals surface area contributed by atoms with Crippen LogP contribution in [0.2, 0.25) is 0 Å². The van der Waals surface area contributed by atoms with E-state index in [1.807, 2.05) is 45.0 Å². The van der Waals surface area contributed by atoms with Gasteiger partial charge in [0.25, 0.3) is 5.91 Å². The minimum Gasteiger partial charge on any atom is -0.497 e. The average molecular weight is 500 g/mol. The normalized spacial score (nSPS) is 14.3. The summed E-state index contributed by atoms with van der Waals surface area (Å²) in [6.45, 7) is 6.83. The van der Waals surface area contributed by atoms with Crippen molar-refractivity contribution in [3.8, 4) is 28.7 Å². The van der Waals surface area contributed by atoms with E-state index in [9.17, 15) is 9.00 Å². The van der Waals surface area contributed by atoms with Gasteiger partial charge < -0.3 is 24.3 Å². The van der Waals surface area contributed by atoms with E-state index in [4.69, 9.17) is 18.9 Å². The summed E-state index contributed by atoms with van der Waals surface area (Å²) in [6.07, 6.45) is 0. The van der Waals surface area contributed by atoms with Gasteiger partial charge in [0.05, 0.1) is 49.8 Å². The Labute approximate surface area is 206 Å². The summed E-state index contributed by atoms with van der Waals surface area (Å²) >= 11 is 0. The average Bonchev–Trinajstić information content (AvgIpc) is 3.37. The van der Waals surface area contributed by atoms with Gasteiger partial charge in [-0.05, 0) is 57.2 Å². The Morgan fingerprint density at radius 2 is 1.63 bits per heavy atom. The zero-order valence-electron chi connectivity index (χ0n) is 20.3. The summed E-state index contributed by atoms with van der Waals surface area (Å²) in [7, 11) is 0.550. The number of nitrogens with one attached hydrogen (secondary N) is 1. The lowest BCUT2D eigenvalue weighted by Gasteiger charge is -2.17. The van der Waals surface area contributed by atoms with Crippen LogP contribution < -0.4 is 24.3 Å². The van der Waals surface area contributed by atoms with Gasteiger partial charge in [-0.25, -0.2) is 4.68 Å². The molecule has 9 nitrogen and oxygen atoms in total. The molecule has 3 aromatic rings. The quantitative estimate of drug-likeness (QED) is 0.448. The monoisotopic (exact) mass is 499 g/mol. The highest BCUT2D eigenvalue weighted by molar-refractivity contribution is 7.83. The van der Waals surface area contributed by atoms with Gasteiger partial charge >= 0.3 is 0 Å². The summed E-state index contributed by atoms with van der Waals surface area (Å²) in [5.74, 6) is 2.84. The Hall–Kier alpha value is -3.53. The Morgan fingerprint density at radius 3 is 2.20 bits per heavy atom. The second-order valence-corrected chi connectivity index (χ2v) is 9.12. The number of hydrogen-bond donors (Lipinski definition) is 1. The molecule has 0 saturated carbocycles. The summed E-state index contributed by atoms with van der Waals surface area (Å²) in [5.41, 5.74) is 2.58. The maximum atomic E-state index is 13.5. The maximum Gasteiger partial charge on any atom is 0.257 e. The number of hydrogen-bond acceptors (Lipinski definition) is 7. The molecule has 1 aromatic heterocycles. The predicted octanol–water partition coefficient (Wildman–Crippen LogP) is 4.09. The Balaban J connectivity index is 1.73. The minimum absolute atomic E-state index is 0.332. The van der Waals surface area contributed by atoms with Crippen molar-refractivity contribution in [2.75, 3.05) is 32.2 Å². The fraction of sp³-hybridized carbons (Fsp3) is 0.360. The van der Waals surface area contributed by atoms with Gasteiger partial charge in [0.1, 0.15) is 11.6 Å². The van der Waals surface area contributed by atoms with E-state index in [2.05, 4.69) is 10.4 Å². The molecule has 0 fully saturated rings. The second-order valence-electron chi connectivity index (χ2n) is 7.67. The summed E-state index contributed by atoms with van der Waals surface area (Å²) in [5, 5.41) is 7.63. The number of methoxy groups -OCH3 is 1. The molecule has 1 N–H and O–H groups in total. The van der Waals surface area contributed by atoms with Crippen LogP contribution in [0, 0.1) is 0 Å². The van der Waals surface area contributed by atoms with E-state index >= 15 is 0 Å². The van der Waals surface area contributed by atoms with Crippen molar-refractivity contribution in [1.29, 1.82) is 0 Å². The van der Waals surface area contributed by atoms with E-state index in [1.54, 1.807) is 23.9 Å². The molecule has 0 bridgehead atoms. The lowest BCUT2D eigenvalue weighted by Crippen LogP contribution is -2.17. The maximum absolute atomic E-state index is 13.5. The predicted molar refractivity (Wildman–Crippen MR) is 134 cm³/mol. The number of amides is 1. The SMILES string of the molecule is CCOc1cc(C(=O)Nc2c3c(nn2-c2ccc(OC)cc2)CS(=O)C3)cc(OCC)c1OCC. The number of carbonyl (C=O) groups is 1. The lowest BCUT2D eigenvalue weighted by atomic mass is 10.1. The molecule has 2 heterocycles. The molecule has 10 heteroatoms. The number of carbonyl (C=O) groups excluding carboxylic acids is 1. The lowest BCUT2D eigenvalue weighted by molar-refractivity contribution is 0.102. The number of fused-ring (bicyclic) bond motifs is 1. The van der Waals surface area contributed by atoms with Crippen LogP contribution in [-0.2, 0) is 22.3 Å². The number of aromatic nitrogens is 2. The third-order valence-electron chi connectivity index (χ3n) is 5.39. The van der Waals surface area contributed by atoms with Gasteiger partial charge in [0, 0.05) is 21.9 Å². The zero-order chi connectivity index (χ0) is 24.9. The van der Waals surface area contributed by atoms with Crippen molar-refractivity contribution >= 4 is 22.5 Å². The molecule has 0 spiro atoms. The van der Waals surface area contributed by atoms with Gasteiger partial charge in [0.2, 0.25) is 5.75 Å². The third kappa shape index (κ3) is 5.12. The molecule has 0 aliphatic carbocycles. The molecule has 35 heavy (non-hydrogen) atoms. The molecule has 1 aliphatic rings. The van der Waals surface area contributed by atoms with Gasteiger partial charge in [0.15, 0.2) is 11.5 Å². The molecular formula is C25H29N3O6S. The highest BCUT2D eigenvalue weighted by Crippen LogP contribution is 2.40. The minimum atomic E-state index is -1.05. The molecule has 2 aromatic carbocycles.